The van der Waals surface area contributed by atoms with Crippen LogP contribution >= 0.6 is 11.3 Å². The lowest BCUT2D eigenvalue weighted by molar-refractivity contribution is -0.124. The molecule has 0 aromatic carbocycles. The largest absolute Gasteiger partial charge is 0.477 e. The van der Waals surface area contributed by atoms with Gasteiger partial charge in [-0.1, -0.05) is 30.4 Å². The van der Waals surface area contributed by atoms with Gasteiger partial charge in [0.05, 0.1) is 10.6 Å². The van der Waals surface area contributed by atoms with Crippen molar-refractivity contribution in [1.29, 1.82) is 0 Å². The van der Waals surface area contributed by atoms with Crippen molar-refractivity contribution < 1.29 is 14.7 Å². The van der Waals surface area contributed by atoms with E-state index < -0.39 is 5.97 Å². The van der Waals surface area contributed by atoms with E-state index in [1.165, 1.54) is 5.57 Å². The summed E-state index contributed by atoms with van der Waals surface area (Å²) in [5.41, 5.74) is 1.60. The second-order valence-electron chi connectivity index (χ2n) is 9.01. The van der Waals surface area contributed by atoms with Gasteiger partial charge in [0.2, 0.25) is 5.91 Å². The Kier molecular flexibility index (Phi) is 6.77. The average molecular weight is 402 g/mol. The quantitative estimate of drug-likeness (QED) is 0.529. The van der Waals surface area contributed by atoms with Crippen molar-refractivity contribution in [2.24, 2.45) is 17.3 Å². The maximum Gasteiger partial charge on any atom is 0.348 e. The number of carboxylic acids is 1. The van der Waals surface area contributed by atoms with Crippen molar-refractivity contribution >= 4 is 28.9 Å². The zero-order valence-electron chi connectivity index (χ0n) is 17.9. The van der Waals surface area contributed by atoms with E-state index in [-0.39, 0.29) is 34.1 Å². The summed E-state index contributed by atoms with van der Waals surface area (Å²) in [5.74, 6) is 5.33. The number of thiophene rings is 1. The molecule has 2 unspecified atom stereocenters. The monoisotopic (exact) mass is 401 g/mol. The van der Waals surface area contributed by atoms with Gasteiger partial charge in [-0.05, 0) is 66.4 Å². The first-order valence-electron chi connectivity index (χ1n) is 9.79. The molecular weight excluding hydrogens is 370 g/mol. The Morgan fingerprint density at radius 3 is 2.46 bits per heavy atom. The lowest BCUT2D eigenvalue weighted by Crippen LogP contribution is -2.44. The van der Waals surface area contributed by atoms with Crippen LogP contribution in [0.1, 0.15) is 75.9 Å². The number of carboxylic acid groups (broad SMARTS) is 1. The first kappa shape index (κ1) is 22.2. The highest BCUT2D eigenvalue weighted by molar-refractivity contribution is 7.15. The van der Waals surface area contributed by atoms with Gasteiger partial charge in [-0.3, -0.25) is 4.79 Å². The van der Waals surface area contributed by atoms with E-state index in [0.717, 1.165) is 17.8 Å². The average Bonchev–Trinajstić information content (AvgIpc) is 2.96. The molecule has 28 heavy (non-hydrogen) atoms. The molecule has 0 fully saturated rings. The minimum atomic E-state index is -1.02. The Morgan fingerprint density at radius 1 is 1.32 bits per heavy atom. The van der Waals surface area contributed by atoms with Gasteiger partial charge in [-0.25, -0.2) is 4.79 Å². The summed E-state index contributed by atoms with van der Waals surface area (Å²) < 4.78 is 0. The number of allylic oxidation sites excluding steroid dienone is 2. The van der Waals surface area contributed by atoms with Gasteiger partial charge in [0.1, 0.15) is 4.88 Å². The third-order valence-corrected chi connectivity index (χ3v) is 5.88. The normalized spacial score (nSPS) is 19.6. The van der Waals surface area contributed by atoms with Crippen molar-refractivity contribution in [3.05, 3.63) is 27.5 Å². The summed E-state index contributed by atoms with van der Waals surface area (Å²) in [6.45, 7) is 14.1. The Balaban J connectivity index is 2.47. The van der Waals surface area contributed by atoms with Crippen LogP contribution in [-0.4, -0.2) is 23.0 Å². The van der Waals surface area contributed by atoms with Crippen molar-refractivity contribution in [3.63, 3.8) is 0 Å². The molecule has 0 radical (unpaired) electrons. The summed E-state index contributed by atoms with van der Waals surface area (Å²) >= 11 is 1.14. The standard InChI is InChI=1S/C23H31NO3S/c1-14(2)24(21(25)18-9-8-15(3)12-16(18)4)19-13-17(10-11-23(5,6)7)28-20(19)22(26)27/h8,13-14,16,18H,9,12H2,1-7H3,(H,26,27). The summed E-state index contributed by atoms with van der Waals surface area (Å²) in [5, 5.41) is 9.73. The summed E-state index contributed by atoms with van der Waals surface area (Å²) in [7, 11) is 0. The van der Waals surface area contributed by atoms with Crippen LogP contribution in [0.3, 0.4) is 0 Å². The molecule has 2 atom stereocenters. The van der Waals surface area contributed by atoms with Gasteiger partial charge in [0.15, 0.2) is 0 Å². The fraction of sp³-hybridized carbons (Fsp3) is 0.565. The van der Waals surface area contributed by atoms with Crippen molar-refractivity contribution in [2.45, 2.75) is 67.3 Å². The van der Waals surface area contributed by atoms with Crippen LogP contribution in [-0.2, 0) is 4.79 Å². The molecule has 1 amide bonds. The SMILES string of the molecule is CC1=CCC(C(=O)N(c2cc(C#CC(C)(C)C)sc2C(=O)O)C(C)C)C(C)C1. The van der Waals surface area contributed by atoms with Crippen LogP contribution in [0.25, 0.3) is 0 Å². The van der Waals surface area contributed by atoms with Crippen LogP contribution in [0.4, 0.5) is 5.69 Å². The Bertz CT molecular complexity index is 845. The maximum atomic E-state index is 13.4. The number of carbonyl (C=O) groups is 2. The number of carbonyl (C=O) groups excluding carboxylic acids is 1. The lowest BCUT2D eigenvalue weighted by Gasteiger charge is -2.34. The number of hydrogen-bond acceptors (Lipinski definition) is 3. The van der Waals surface area contributed by atoms with Crippen LogP contribution < -0.4 is 4.90 Å². The van der Waals surface area contributed by atoms with Gasteiger partial charge < -0.3 is 10.0 Å². The number of hydrogen-bond donors (Lipinski definition) is 1. The van der Waals surface area contributed by atoms with E-state index in [9.17, 15) is 14.7 Å². The number of amides is 1. The second kappa shape index (κ2) is 8.53. The second-order valence-corrected chi connectivity index (χ2v) is 10.1. The van der Waals surface area contributed by atoms with E-state index >= 15 is 0 Å². The maximum absolute atomic E-state index is 13.4. The smallest absolute Gasteiger partial charge is 0.348 e. The fourth-order valence-corrected chi connectivity index (χ4v) is 4.33. The molecule has 5 heteroatoms. The van der Waals surface area contributed by atoms with E-state index in [4.69, 9.17) is 0 Å². The zero-order chi connectivity index (χ0) is 21.2. The molecule has 1 aromatic heterocycles. The summed E-state index contributed by atoms with van der Waals surface area (Å²) in [4.78, 5) is 27.8. The third kappa shape index (κ3) is 5.26. The van der Waals surface area contributed by atoms with Crippen molar-refractivity contribution in [3.8, 4) is 11.8 Å². The highest BCUT2D eigenvalue weighted by Crippen LogP contribution is 2.36. The molecule has 0 bridgehead atoms. The molecule has 0 aliphatic heterocycles. The highest BCUT2D eigenvalue weighted by atomic mass is 32.1. The first-order chi connectivity index (χ1) is 12.9. The topological polar surface area (TPSA) is 57.6 Å². The number of anilines is 1. The van der Waals surface area contributed by atoms with Crippen molar-refractivity contribution in [2.75, 3.05) is 4.90 Å². The van der Waals surface area contributed by atoms with E-state index in [1.807, 2.05) is 34.6 Å². The van der Waals surface area contributed by atoms with Crippen molar-refractivity contribution in [1.82, 2.24) is 0 Å². The molecule has 2 rings (SSSR count). The van der Waals surface area contributed by atoms with E-state index in [0.29, 0.717) is 17.0 Å². The molecule has 152 valence electrons. The first-order valence-corrected chi connectivity index (χ1v) is 10.6. The predicted octanol–water partition coefficient (Wildman–Crippen LogP) is 5.58. The molecular formula is C23H31NO3S. The third-order valence-electron chi connectivity index (χ3n) is 4.85. The molecule has 1 aliphatic carbocycles. The molecule has 1 aliphatic rings. The molecule has 1 N–H and O–H groups in total. The highest BCUT2D eigenvalue weighted by Gasteiger charge is 2.35. The summed E-state index contributed by atoms with van der Waals surface area (Å²) in [6, 6.07) is 1.63. The Labute approximate surface area is 172 Å². The van der Waals surface area contributed by atoms with Crippen LogP contribution in [0, 0.1) is 29.1 Å². The molecule has 0 saturated carbocycles. The number of rotatable bonds is 4. The molecule has 0 spiro atoms. The number of aromatic carboxylic acids is 1. The van der Waals surface area contributed by atoms with Gasteiger partial charge in [-0.2, -0.15) is 0 Å². The minimum absolute atomic E-state index is 0.00174. The van der Waals surface area contributed by atoms with Crippen LogP contribution in [0.15, 0.2) is 17.7 Å². The Hall–Kier alpha value is -2.06. The van der Waals surface area contributed by atoms with Crippen LogP contribution in [0.2, 0.25) is 0 Å². The predicted molar refractivity (Wildman–Crippen MR) is 116 cm³/mol. The van der Waals surface area contributed by atoms with Crippen LogP contribution in [0.5, 0.6) is 0 Å². The van der Waals surface area contributed by atoms with E-state index in [2.05, 4.69) is 31.8 Å². The molecule has 0 saturated heterocycles. The van der Waals surface area contributed by atoms with Gasteiger partial charge in [0, 0.05) is 17.4 Å². The summed E-state index contributed by atoms with van der Waals surface area (Å²) in [6.07, 6.45) is 3.74. The zero-order valence-corrected chi connectivity index (χ0v) is 18.7. The number of nitrogens with zero attached hydrogens (tertiary/aromatic N) is 1. The van der Waals surface area contributed by atoms with Gasteiger partial charge in [0.25, 0.3) is 0 Å². The molecule has 4 nitrogen and oxygen atoms in total. The van der Waals surface area contributed by atoms with Gasteiger partial charge in [-0.15, -0.1) is 11.3 Å². The molecule has 1 aromatic rings. The Morgan fingerprint density at radius 2 is 1.96 bits per heavy atom. The van der Waals surface area contributed by atoms with Gasteiger partial charge >= 0.3 is 5.97 Å². The minimum Gasteiger partial charge on any atom is -0.477 e. The molecule has 1 heterocycles. The fourth-order valence-electron chi connectivity index (χ4n) is 3.49. The van der Waals surface area contributed by atoms with E-state index in [1.54, 1.807) is 11.0 Å². The lowest BCUT2D eigenvalue weighted by atomic mass is 9.80.